The van der Waals surface area contributed by atoms with E-state index in [1.165, 1.54) is 12.8 Å². The fourth-order valence-electron chi connectivity index (χ4n) is 2.45. The van der Waals surface area contributed by atoms with Crippen LogP contribution in [-0.2, 0) is 6.54 Å². The number of amides is 1. The molecule has 0 aliphatic carbocycles. The van der Waals surface area contributed by atoms with Gasteiger partial charge in [-0.05, 0) is 44.0 Å². The second-order valence-corrected chi connectivity index (χ2v) is 5.52. The van der Waals surface area contributed by atoms with Gasteiger partial charge in [0.25, 0.3) is 5.91 Å². The largest absolute Gasteiger partial charge is 0.351 e. The van der Waals surface area contributed by atoms with Crippen LogP contribution >= 0.6 is 0 Å². The molecule has 2 rings (SSSR count). The Hall–Kier alpha value is -1.46. The normalized spacial score (nSPS) is 17.1. The lowest BCUT2D eigenvalue weighted by molar-refractivity contribution is 0.0944. The Labute approximate surface area is 120 Å². The molecule has 0 radical (unpaired) electrons. The standard InChI is InChI=1S/C15H24N4O/c1-12-3-7-19(8-4-12)9-6-18-15(20)13-2-5-17-14(10-13)11-16/h2,5,10,12H,3-4,6-9,11,16H2,1H3,(H,18,20). The molecule has 0 bridgehead atoms. The number of hydrogen-bond donors (Lipinski definition) is 2. The summed E-state index contributed by atoms with van der Waals surface area (Å²) in [6, 6.07) is 3.47. The lowest BCUT2D eigenvalue weighted by Gasteiger charge is -2.30. The summed E-state index contributed by atoms with van der Waals surface area (Å²) in [5.41, 5.74) is 6.90. The van der Waals surface area contributed by atoms with Gasteiger partial charge in [-0.15, -0.1) is 0 Å². The molecule has 1 aromatic rings. The fourth-order valence-corrected chi connectivity index (χ4v) is 2.45. The minimum absolute atomic E-state index is 0.0486. The van der Waals surface area contributed by atoms with Gasteiger partial charge in [0.2, 0.25) is 0 Å². The minimum Gasteiger partial charge on any atom is -0.351 e. The monoisotopic (exact) mass is 276 g/mol. The first kappa shape index (κ1) is 14.9. The van der Waals surface area contributed by atoms with Crippen molar-refractivity contribution in [2.24, 2.45) is 11.7 Å². The molecule has 2 heterocycles. The number of nitrogens with two attached hydrogens (primary N) is 1. The number of pyridine rings is 1. The van der Waals surface area contributed by atoms with E-state index in [9.17, 15) is 4.79 Å². The van der Waals surface area contributed by atoms with Gasteiger partial charge in [-0.2, -0.15) is 0 Å². The van der Waals surface area contributed by atoms with Crippen molar-refractivity contribution in [3.05, 3.63) is 29.6 Å². The van der Waals surface area contributed by atoms with Crippen molar-refractivity contribution in [2.45, 2.75) is 26.3 Å². The SMILES string of the molecule is CC1CCN(CCNC(=O)c2ccnc(CN)c2)CC1. The number of nitrogens with zero attached hydrogens (tertiary/aromatic N) is 2. The van der Waals surface area contributed by atoms with E-state index in [0.29, 0.717) is 18.7 Å². The van der Waals surface area contributed by atoms with Crippen molar-refractivity contribution in [1.82, 2.24) is 15.2 Å². The average Bonchev–Trinajstić information content (AvgIpc) is 2.49. The molecule has 110 valence electrons. The maximum Gasteiger partial charge on any atom is 0.251 e. The van der Waals surface area contributed by atoms with Crippen molar-refractivity contribution in [2.75, 3.05) is 26.2 Å². The highest BCUT2D eigenvalue weighted by Crippen LogP contribution is 2.15. The second-order valence-electron chi connectivity index (χ2n) is 5.52. The molecular formula is C15H24N4O. The smallest absolute Gasteiger partial charge is 0.251 e. The van der Waals surface area contributed by atoms with E-state index in [-0.39, 0.29) is 5.91 Å². The van der Waals surface area contributed by atoms with Gasteiger partial charge in [-0.1, -0.05) is 6.92 Å². The van der Waals surface area contributed by atoms with E-state index in [1.54, 1.807) is 18.3 Å². The highest BCUT2D eigenvalue weighted by atomic mass is 16.1. The predicted octanol–water partition coefficient (Wildman–Crippen LogP) is 1.00. The van der Waals surface area contributed by atoms with Gasteiger partial charge < -0.3 is 16.0 Å². The Morgan fingerprint density at radius 2 is 2.25 bits per heavy atom. The quantitative estimate of drug-likeness (QED) is 0.841. The van der Waals surface area contributed by atoms with E-state index in [1.807, 2.05) is 0 Å². The third-order valence-corrected chi connectivity index (χ3v) is 3.88. The maximum absolute atomic E-state index is 12.0. The zero-order valence-corrected chi connectivity index (χ0v) is 12.1. The van der Waals surface area contributed by atoms with Gasteiger partial charge in [-0.3, -0.25) is 9.78 Å². The summed E-state index contributed by atoms with van der Waals surface area (Å²) in [6.45, 7) is 6.55. The van der Waals surface area contributed by atoms with Crippen LogP contribution in [0.4, 0.5) is 0 Å². The molecule has 0 atom stereocenters. The summed E-state index contributed by atoms with van der Waals surface area (Å²) in [5.74, 6) is 0.792. The predicted molar refractivity (Wildman–Crippen MR) is 79.3 cm³/mol. The van der Waals surface area contributed by atoms with Crippen LogP contribution in [0.15, 0.2) is 18.3 Å². The molecule has 20 heavy (non-hydrogen) atoms. The van der Waals surface area contributed by atoms with Gasteiger partial charge >= 0.3 is 0 Å². The molecule has 1 aliphatic heterocycles. The Bertz CT molecular complexity index is 441. The molecule has 0 unspecified atom stereocenters. The number of piperidine rings is 1. The second kappa shape index (κ2) is 7.36. The van der Waals surface area contributed by atoms with E-state index in [2.05, 4.69) is 22.1 Å². The summed E-state index contributed by atoms with van der Waals surface area (Å²) in [7, 11) is 0. The Morgan fingerprint density at radius 1 is 1.50 bits per heavy atom. The molecule has 0 spiro atoms. The summed E-state index contributed by atoms with van der Waals surface area (Å²) >= 11 is 0. The van der Waals surface area contributed by atoms with E-state index < -0.39 is 0 Å². The topological polar surface area (TPSA) is 71.2 Å². The molecule has 0 aromatic carbocycles. The van der Waals surface area contributed by atoms with Gasteiger partial charge in [0.1, 0.15) is 0 Å². The zero-order chi connectivity index (χ0) is 14.4. The van der Waals surface area contributed by atoms with E-state index in [0.717, 1.165) is 31.2 Å². The van der Waals surface area contributed by atoms with E-state index >= 15 is 0 Å². The Balaban J connectivity index is 1.74. The number of nitrogens with one attached hydrogen (secondary N) is 1. The molecule has 1 amide bonds. The number of carbonyl (C=O) groups is 1. The highest BCUT2D eigenvalue weighted by molar-refractivity contribution is 5.94. The minimum atomic E-state index is -0.0486. The van der Waals surface area contributed by atoms with Crippen LogP contribution in [0, 0.1) is 5.92 Å². The molecule has 5 heteroatoms. The van der Waals surface area contributed by atoms with Gasteiger partial charge in [-0.25, -0.2) is 0 Å². The first-order valence-corrected chi connectivity index (χ1v) is 7.34. The van der Waals surface area contributed by atoms with Crippen molar-refractivity contribution < 1.29 is 4.79 Å². The Kier molecular flexibility index (Phi) is 5.49. The van der Waals surface area contributed by atoms with Crippen molar-refractivity contribution in [1.29, 1.82) is 0 Å². The summed E-state index contributed by atoms with van der Waals surface area (Å²) in [5, 5.41) is 2.96. The highest BCUT2D eigenvalue weighted by Gasteiger charge is 2.15. The molecule has 3 N–H and O–H groups in total. The third kappa shape index (κ3) is 4.28. The number of hydrogen-bond acceptors (Lipinski definition) is 4. The van der Waals surface area contributed by atoms with Crippen molar-refractivity contribution in [3.63, 3.8) is 0 Å². The van der Waals surface area contributed by atoms with Gasteiger partial charge in [0.05, 0.1) is 5.69 Å². The van der Waals surface area contributed by atoms with Gasteiger partial charge in [0, 0.05) is 31.4 Å². The number of likely N-dealkylation sites (tertiary alicyclic amines) is 1. The lowest BCUT2D eigenvalue weighted by atomic mass is 9.99. The average molecular weight is 276 g/mol. The van der Waals surface area contributed by atoms with Crippen molar-refractivity contribution in [3.8, 4) is 0 Å². The van der Waals surface area contributed by atoms with Crippen LogP contribution in [0.2, 0.25) is 0 Å². The molecule has 0 saturated carbocycles. The van der Waals surface area contributed by atoms with Crippen LogP contribution in [0.1, 0.15) is 35.8 Å². The lowest BCUT2D eigenvalue weighted by Crippen LogP contribution is -2.39. The fraction of sp³-hybridized carbons (Fsp3) is 0.600. The summed E-state index contributed by atoms with van der Waals surface area (Å²) in [4.78, 5) is 18.5. The summed E-state index contributed by atoms with van der Waals surface area (Å²) in [6.07, 6.45) is 4.15. The van der Waals surface area contributed by atoms with Crippen LogP contribution in [0.5, 0.6) is 0 Å². The molecule has 1 fully saturated rings. The maximum atomic E-state index is 12.0. The molecule has 1 saturated heterocycles. The van der Waals surface area contributed by atoms with Crippen LogP contribution in [-0.4, -0.2) is 42.0 Å². The number of aromatic nitrogens is 1. The van der Waals surface area contributed by atoms with Crippen LogP contribution in [0.25, 0.3) is 0 Å². The summed E-state index contributed by atoms with van der Waals surface area (Å²) < 4.78 is 0. The first-order valence-electron chi connectivity index (χ1n) is 7.34. The first-order chi connectivity index (χ1) is 9.69. The third-order valence-electron chi connectivity index (χ3n) is 3.88. The van der Waals surface area contributed by atoms with Crippen molar-refractivity contribution >= 4 is 5.91 Å². The van der Waals surface area contributed by atoms with Gasteiger partial charge in [0.15, 0.2) is 0 Å². The Morgan fingerprint density at radius 3 is 2.95 bits per heavy atom. The molecular weight excluding hydrogens is 252 g/mol. The molecule has 1 aromatic heterocycles. The number of rotatable bonds is 5. The van der Waals surface area contributed by atoms with E-state index in [4.69, 9.17) is 5.73 Å². The molecule has 1 aliphatic rings. The number of carbonyl (C=O) groups excluding carboxylic acids is 1. The van der Waals surface area contributed by atoms with Crippen LogP contribution in [0.3, 0.4) is 0 Å². The molecule has 5 nitrogen and oxygen atoms in total. The zero-order valence-electron chi connectivity index (χ0n) is 12.1. The van der Waals surface area contributed by atoms with Crippen LogP contribution < -0.4 is 11.1 Å².